The third kappa shape index (κ3) is 2.26. The second-order valence-corrected chi connectivity index (χ2v) is 5.01. The SMILES string of the molecule is Cc1ccccc1-c1c(O)c(C(C)C)nn(C)c1=O. The summed E-state index contributed by atoms with van der Waals surface area (Å²) >= 11 is 0. The van der Waals surface area contributed by atoms with Crippen molar-refractivity contribution in [2.24, 2.45) is 7.05 Å². The van der Waals surface area contributed by atoms with Crippen LogP contribution in [0.3, 0.4) is 0 Å². The molecule has 4 nitrogen and oxygen atoms in total. The summed E-state index contributed by atoms with van der Waals surface area (Å²) < 4.78 is 1.29. The number of aryl methyl sites for hydroxylation is 2. The Labute approximate surface area is 112 Å². The predicted molar refractivity (Wildman–Crippen MR) is 75.4 cm³/mol. The van der Waals surface area contributed by atoms with Crippen LogP contribution in [0, 0.1) is 6.92 Å². The molecule has 0 fully saturated rings. The van der Waals surface area contributed by atoms with E-state index in [1.54, 1.807) is 7.05 Å². The number of hydrogen-bond donors (Lipinski definition) is 1. The molecule has 0 bridgehead atoms. The zero-order valence-electron chi connectivity index (χ0n) is 11.6. The van der Waals surface area contributed by atoms with Crippen LogP contribution in [-0.2, 0) is 7.05 Å². The van der Waals surface area contributed by atoms with Crippen LogP contribution < -0.4 is 5.56 Å². The molecule has 1 aromatic heterocycles. The fraction of sp³-hybridized carbons (Fsp3) is 0.333. The summed E-state index contributed by atoms with van der Waals surface area (Å²) in [5.74, 6) is 0.0435. The molecule has 19 heavy (non-hydrogen) atoms. The Hall–Kier alpha value is -2.10. The Morgan fingerprint density at radius 1 is 1.26 bits per heavy atom. The summed E-state index contributed by atoms with van der Waals surface area (Å²) in [6, 6.07) is 7.53. The van der Waals surface area contributed by atoms with Crippen LogP contribution in [0.25, 0.3) is 11.1 Å². The summed E-state index contributed by atoms with van der Waals surface area (Å²) in [4.78, 5) is 12.3. The van der Waals surface area contributed by atoms with Crippen molar-refractivity contribution in [3.8, 4) is 16.9 Å². The molecule has 0 saturated carbocycles. The molecule has 1 N–H and O–H groups in total. The van der Waals surface area contributed by atoms with E-state index in [2.05, 4.69) is 5.10 Å². The van der Waals surface area contributed by atoms with Crippen LogP contribution in [-0.4, -0.2) is 14.9 Å². The molecule has 0 aliphatic carbocycles. The molecule has 0 atom stereocenters. The van der Waals surface area contributed by atoms with Gasteiger partial charge in [-0.15, -0.1) is 0 Å². The van der Waals surface area contributed by atoms with Gasteiger partial charge in [-0.05, 0) is 18.1 Å². The van der Waals surface area contributed by atoms with Crippen LogP contribution in [0.2, 0.25) is 0 Å². The van der Waals surface area contributed by atoms with Crippen molar-refractivity contribution in [2.75, 3.05) is 0 Å². The molecule has 1 aromatic carbocycles. The summed E-state index contributed by atoms with van der Waals surface area (Å²) in [5.41, 5.74) is 2.30. The van der Waals surface area contributed by atoms with Crippen molar-refractivity contribution in [1.82, 2.24) is 9.78 Å². The van der Waals surface area contributed by atoms with Crippen molar-refractivity contribution < 1.29 is 5.11 Å². The average molecular weight is 258 g/mol. The summed E-state index contributed by atoms with van der Waals surface area (Å²) in [6.07, 6.45) is 0. The van der Waals surface area contributed by atoms with E-state index in [9.17, 15) is 9.90 Å². The average Bonchev–Trinajstić information content (AvgIpc) is 2.36. The summed E-state index contributed by atoms with van der Waals surface area (Å²) in [5, 5.41) is 14.5. The molecule has 0 spiro atoms. The maximum Gasteiger partial charge on any atom is 0.278 e. The van der Waals surface area contributed by atoms with Gasteiger partial charge in [0.2, 0.25) is 0 Å². The summed E-state index contributed by atoms with van der Waals surface area (Å²) in [7, 11) is 1.61. The van der Waals surface area contributed by atoms with E-state index in [1.165, 1.54) is 4.68 Å². The standard InChI is InChI=1S/C15H18N2O2/c1-9(2)13-14(18)12(15(19)17(4)16-13)11-8-6-5-7-10(11)3/h5-9,18H,1-4H3. The quantitative estimate of drug-likeness (QED) is 0.900. The van der Waals surface area contributed by atoms with E-state index >= 15 is 0 Å². The van der Waals surface area contributed by atoms with Crippen molar-refractivity contribution >= 4 is 0 Å². The van der Waals surface area contributed by atoms with Gasteiger partial charge in [0.1, 0.15) is 5.69 Å². The van der Waals surface area contributed by atoms with Gasteiger partial charge in [0.05, 0.1) is 5.56 Å². The molecule has 0 saturated heterocycles. The van der Waals surface area contributed by atoms with E-state index in [-0.39, 0.29) is 17.2 Å². The van der Waals surface area contributed by atoms with Crippen molar-refractivity contribution in [2.45, 2.75) is 26.7 Å². The van der Waals surface area contributed by atoms with Gasteiger partial charge in [-0.1, -0.05) is 38.1 Å². The van der Waals surface area contributed by atoms with Crippen molar-refractivity contribution in [3.05, 3.63) is 45.9 Å². The Bertz CT molecular complexity index is 672. The number of rotatable bonds is 2. The summed E-state index contributed by atoms with van der Waals surface area (Å²) in [6.45, 7) is 5.80. The molecule has 1 heterocycles. The number of aromatic nitrogens is 2. The van der Waals surface area contributed by atoms with Crippen LogP contribution in [0.1, 0.15) is 31.0 Å². The van der Waals surface area contributed by atoms with Crippen LogP contribution in [0.4, 0.5) is 0 Å². The van der Waals surface area contributed by atoms with Gasteiger partial charge in [0.15, 0.2) is 5.75 Å². The zero-order valence-corrected chi connectivity index (χ0v) is 11.6. The van der Waals surface area contributed by atoms with Gasteiger partial charge < -0.3 is 5.11 Å². The molecule has 0 unspecified atom stereocenters. The van der Waals surface area contributed by atoms with Gasteiger partial charge in [0.25, 0.3) is 5.56 Å². The highest BCUT2D eigenvalue weighted by Gasteiger charge is 2.19. The predicted octanol–water partition coefficient (Wildman–Crippen LogP) is 2.58. The lowest BCUT2D eigenvalue weighted by atomic mass is 9.98. The highest BCUT2D eigenvalue weighted by Crippen LogP contribution is 2.32. The first-order valence-corrected chi connectivity index (χ1v) is 6.29. The Kier molecular flexibility index (Phi) is 3.42. The van der Waals surface area contributed by atoms with Crippen molar-refractivity contribution in [1.29, 1.82) is 0 Å². The lowest BCUT2D eigenvalue weighted by Crippen LogP contribution is -2.23. The number of benzene rings is 1. The van der Waals surface area contributed by atoms with E-state index < -0.39 is 0 Å². The third-order valence-electron chi connectivity index (χ3n) is 3.21. The van der Waals surface area contributed by atoms with Gasteiger partial charge in [-0.3, -0.25) is 4.79 Å². The molecule has 0 radical (unpaired) electrons. The topological polar surface area (TPSA) is 55.1 Å². The first kappa shape index (κ1) is 13.3. The first-order valence-electron chi connectivity index (χ1n) is 6.29. The lowest BCUT2D eigenvalue weighted by molar-refractivity contribution is 0.451. The fourth-order valence-electron chi connectivity index (χ4n) is 2.13. The number of hydrogen-bond acceptors (Lipinski definition) is 3. The largest absolute Gasteiger partial charge is 0.505 e. The van der Waals surface area contributed by atoms with Crippen LogP contribution >= 0.6 is 0 Å². The van der Waals surface area contributed by atoms with Gasteiger partial charge in [-0.2, -0.15) is 5.10 Å². The maximum absolute atomic E-state index is 12.3. The normalized spacial score (nSPS) is 11.0. The Morgan fingerprint density at radius 3 is 2.47 bits per heavy atom. The minimum absolute atomic E-state index is 0.00704. The monoisotopic (exact) mass is 258 g/mol. The molecule has 0 aliphatic heterocycles. The van der Waals surface area contributed by atoms with Gasteiger partial charge >= 0.3 is 0 Å². The zero-order chi connectivity index (χ0) is 14.2. The second kappa shape index (κ2) is 4.88. The highest BCUT2D eigenvalue weighted by atomic mass is 16.3. The second-order valence-electron chi connectivity index (χ2n) is 5.01. The first-order chi connectivity index (χ1) is 8.93. The molecule has 2 rings (SSSR count). The molecular formula is C15H18N2O2. The lowest BCUT2D eigenvalue weighted by Gasteiger charge is -2.14. The van der Waals surface area contributed by atoms with E-state index in [0.717, 1.165) is 11.1 Å². The van der Waals surface area contributed by atoms with Crippen molar-refractivity contribution in [3.63, 3.8) is 0 Å². The highest BCUT2D eigenvalue weighted by molar-refractivity contribution is 5.72. The molecule has 2 aromatic rings. The molecule has 100 valence electrons. The number of aromatic hydroxyl groups is 1. The van der Waals surface area contributed by atoms with Gasteiger partial charge in [0, 0.05) is 13.0 Å². The molecular weight excluding hydrogens is 240 g/mol. The maximum atomic E-state index is 12.3. The third-order valence-corrected chi connectivity index (χ3v) is 3.21. The minimum Gasteiger partial charge on any atom is -0.505 e. The molecule has 4 heteroatoms. The number of nitrogens with zero attached hydrogens (tertiary/aromatic N) is 2. The van der Waals surface area contributed by atoms with E-state index in [4.69, 9.17) is 0 Å². The molecule has 0 amide bonds. The van der Waals surface area contributed by atoms with Crippen LogP contribution in [0.5, 0.6) is 5.75 Å². The Morgan fingerprint density at radius 2 is 1.89 bits per heavy atom. The van der Waals surface area contributed by atoms with E-state index in [0.29, 0.717) is 11.3 Å². The van der Waals surface area contributed by atoms with Crippen LogP contribution in [0.15, 0.2) is 29.1 Å². The Balaban J connectivity index is 2.84. The minimum atomic E-state index is -0.281. The molecule has 0 aliphatic rings. The van der Waals surface area contributed by atoms with E-state index in [1.807, 2.05) is 45.0 Å². The smallest absolute Gasteiger partial charge is 0.278 e. The van der Waals surface area contributed by atoms with Gasteiger partial charge in [-0.25, -0.2) is 4.68 Å². The fourth-order valence-corrected chi connectivity index (χ4v) is 2.13.